The average molecular weight is 220 g/mol. The summed E-state index contributed by atoms with van der Waals surface area (Å²) >= 11 is 0. The van der Waals surface area contributed by atoms with Gasteiger partial charge in [-0.25, -0.2) is 4.79 Å². The first-order chi connectivity index (χ1) is 7.56. The summed E-state index contributed by atoms with van der Waals surface area (Å²) in [7, 11) is 1.87. The molecule has 1 heterocycles. The third-order valence-corrected chi connectivity index (χ3v) is 3.44. The van der Waals surface area contributed by atoms with E-state index in [1.807, 2.05) is 18.0 Å². The topological polar surface area (TPSA) is 53.4 Å². The zero-order chi connectivity index (χ0) is 11.8. The number of likely N-dealkylation sites (N-methyl/N-ethyl adjacent to an activating group) is 1. The predicted molar refractivity (Wildman–Crippen MR) is 60.0 cm³/mol. The molecule has 0 aromatic carbocycles. The minimum atomic E-state index is -0.977. The van der Waals surface area contributed by atoms with Crippen LogP contribution >= 0.6 is 0 Å². The second kappa shape index (κ2) is 3.87. The molecule has 1 aromatic rings. The molecule has 1 aliphatic carbocycles. The Morgan fingerprint density at radius 2 is 2.31 bits per heavy atom. The molecule has 0 bridgehead atoms. The molecule has 4 nitrogen and oxygen atoms in total. The summed E-state index contributed by atoms with van der Waals surface area (Å²) in [5.41, 5.74) is -0.244. The van der Waals surface area contributed by atoms with E-state index in [1.54, 1.807) is 25.4 Å². The van der Waals surface area contributed by atoms with Crippen LogP contribution in [-0.2, 0) is 10.3 Å². The number of carbonyl (C=O) groups is 1. The van der Waals surface area contributed by atoms with E-state index in [4.69, 9.17) is 0 Å². The summed E-state index contributed by atoms with van der Waals surface area (Å²) < 4.78 is 0. The maximum Gasteiger partial charge on any atom is 0.328 e. The molecular weight excluding hydrogens is 204 g/mol. The van der Waals surface area contributed by atoms with Gasteiger partial charge in [0.05, 0.1) is 0 Å². The lowest BCUT2D eigenvalue weighted by Gasteiger charge is -2.35. The quantitative estimate of drug-likeness (QED) is 0.835. The summed E-state index contributed by atoms with van der Waals surface area (Å²) in [4.78, 5) is 17.5. The van der Waals surface area contributed by atoms with Crippen molar-refractivity contribution in [3.05, 3.63) is 30.1 Å². The molecule has 0 spiro atoms. The van der Waals surface area contributed by atoms with Crippen LogP contribution in [0.25, 0.3) is 0 Å². The highest BCUT2D eigenvalue weighted by atomic mass is 16.4. The maximum atomic E-state index is 11.5. The van der Waals surface area contributed by atoms with Crippen molar-refractivity contribution in [3.63, 3.8) is 0 Å². The first-order valence-electron chi connectivity index (χ1n) is 5.43. The van der Waals surface area contributed by atoms with E-state index in [-0.39, 0.29) is 0 Å². The molecule has 1 aliphatic rings. The van der Waals surface area contributed by atoms with Crippen LogP contribution < -0.4 is 0 Å². The first-order valence-corrected chi connectivity index (χ1v) is 5.43. The molecular formula is C12H16N2O2. The van der Waals surface area contributed by atoms with Crippen LogP contribution in [0.2, 0.25) is 0 Å². The monoisotopic (exact) mass is 220 g/mol. The van der Waals surface area contributed by atoms with Crippen molar-refractivity contribution in [2.45, 2.75) is 31.3 Å². The van der Waals surface area contributed by atoms with Crippen molar-refractivity contribution >= 4 is 5.97 Å². The van der Waals surface area contributed by atoms with Crippen molar-refractivity contribution in [2.24, 2.45) is 0 Å². The molecule has 0 aliphatic heterocycles. The molecule has 1 aromatic heterocycles. The molecule has 1 saturated carbocycles. The van der Waals surface area contributed by atoms with Gasteiger partial charge in [0.15, 0.2) is 0 Å². The predicted octanol–water partition coefficient (Wildman–Crippen LogP) is 1.48. The molecule has 1 atom stereocenters. The van der Waals surface area contributed by atoms with E-state index in [1.165, 1.54) is 0 Å². The first kappa shape index (κ1) is 11.1. The standard InChI is InChI=1S/C12H16N2O2/c1-12(11(15)16,14(2)10-5-6-10)9-4-3-7-13-8-9/h3-4,7-8,10H,5-6H2,1-2H3,(H,15,16). The number of hydrogen-bond acceptors (Lipinski definition) is 3. The minimum Gasteiger partial charge on any atom is -0.480 e. The largest absolute Gasteiger partial charge is 0.480 e. The Kier molecular flexibility index (Phi) is 2.68. The van der Waals surface area contributed by atoms with Crippen molar-refractivity contribution < 1.29 is 9.90 Å². The number of carboxylic acids is 1. The summed E-state index contributed by atoms with van der Waals surface area (Å²) in [5.74, 6) is -0.824. The lowest BCUT2D eigenvalue weighted by Crippen LogP contribution is -2.48. The lowest BCUT2D eigenvalue weighted by molar-refractivity contribution is -0.150. The molecule has 1 fully saturated rings. The molecule has 2 rings (SSSR count). The average Bonchev–Trinajstić information content (AvgIpc) is 3.11. The van der Waals surface area contributed by atoms with Gasteiger partial charge in [-0.3, -0.25) is 9.88 Å². The molecule has 86 valence electrons. The van der Waals surface area contributed by atoms with Crippen LogP contribution in [0.15, 0.2) is 24.5 Å². The fourth-order valence-corrected chi connectivity index (χ4v) is 1.96. The molecule has 0 amide bonds. The highest BCUT2D eigenvalue weighted by Crippen LogP contribution is 2.36. The number of rotatable bonds is 4. The van der Waals surface area contributed by atoms with Crippen LogP contribution in [-0.4, -0.2) is 34.0 Å². The van der Waals surface area contributed by atoms with Crippen LogP contribution in [0.3, 0.4) is 0 Å². The van der Waals surface area contributed by atoms with Gasteiger partial charge in [-0.05, 0) is 32.9 Å². The van der Waals surface area contributed by atoms with Crippen molar-refractivity contribution in [1.29, 1.82) is 0 Å². The molecule has 4 heteroatoms. The van der Waals surface area contributed by atoms with Gasteiger partial charge in [0, 0.05) is 24.0 Å². The van der Waals surface area contributed by atoms with Gasteiger partial charge in [0.1, 0.15) is 5.54 Å². The van der Waals surface area contributed by atoms with Gasteiger partial charge in [-0.15, -0.1) is 0 Å². The van der Waals surface area contributed by atoms with Gasteiger partial charge in [0.25, 0.3) is 0 Å². The Morgan fingerprint density at radius 1 is 1.62 bits per heavy atom. The minimum absolute atomic E-state index is 0.390. The molecule has 1 N–H and O–H groups in total. The Balaban J connectivity index is 2.38. The summed E-state index contributed by atoms with van der Waals surface area (Å²) in [5, 5.41) is 9.46. The number of hydrogen-bond donors (Lipinski definition) is 1. The highest BCUT2D eigenvalue weighted by molar-refractivity contribution is 5.80. The maximum absolute atomic E-state index is 11.5. The fraction of sp³-hybridized carbons (Fsp3) is 0.500. The van der Waals surface area contributed by atoms with E-state index < -0.39 is 11.5 Å². The smallest absolute Gasteiger partial charge is 0.328 e. The number of nitrogens with zero attached hydrogens (tertiary/aromatic N) is 2. The molecule has 0 radical (unpaired) electrons. The van der Waals surface area contributed by atoms with Crippen molar-refractivity contribution in [2.75, 3.05) is 7.05 Å². The van der Waals surface area contributed by atoms with Gasteiger partial charge in [0.2, 0.25) is 0 Å². The molecule has 1 unspecified atom stereocenters. The third kappa shape index (κ3) is 1.69. The van der Waals surface area contributed by atoms with E-state index in [9.17, 15) is 9.90 Å². The van der Waals surface area contributed by atoms with E-state index in [0.29, 0.717) is 6.04 Å². The van der Waals surface area contributed by atoms with Gasteiger partial charge in [-0.1, -0.05) is 6.07 Å². The zero-order valence-electron chi connectivity index (χ0n) is 9.55. The molecule has 16 heavy (non-hydrogen) atoms. The number of pyridine rings is 1. The van der Waals surface area contributed by atoms with Crippen LogP contribution in [0.4, 0.5) is 0 Å². The van der Waals surface area contributed by atoms with Gasteiger partial charge >= 0.3 is 5.97 Å². The van der Waals surface area contributed by atoms with Crippen molar-refractivity contribution in [1.82, 2.24) is 9.88 Å². The normalized spacial score (nSPS) is 19.4. The fourth-order valence-electron chi connectivity index (χ4n) is 1.96. The number of aliphatic carboxylic acids is 1. The van der Waals surface area contributed by atoms with Gasteiger partial charge in [-0.2, -0.15) is 0 Å². The summed E-state index contributed by atoms with van der Waals surface area (Å²) in [6, 6.07) is 3.98. The highest BCUT2D eigenvalue weighted by Gasteiger charge is 2.45. The Labute approximate surface area is 94.9 Å². The second-order valence-corrected chi connectivity index (χ2v) is 4.46. The van der Waals surface area contributed by atoms with E-state index in [2.05, 4.69) is 4.98 Å². The third-order valence-electron chi connectivity index (χ3n) is 3.44. The van der Waals surface area contributed by atoms with Crippen molar-refractivity contribution in [3.8, 4) is 0 Å². The van der Waals surface area contributed by atoms with E-state index >= 15 is 0 Å². The number of carboxylic acid groups (broad SMARTS) is 1. The van der Waals surface area contributed by atoms with Gasteiger partial charge < -0.3 is 5.11 Å². The second-order valence-electron chi connectivity index (χ2n) is 4.46. The SMILES string of the molecule is CN(C1CC1)C(C)(C(=O)O)c1cccnc1. The summed E-state index contributed by atoms with van der Waals surface area (Å²) in [6.45, 7) is 1.74. The van der Waals surface area contributed by atoms with Crippen LogP contribution in [0, 0.1) is 0 Å². The zero-order valence-corrected chi connectivity index (χ0v) is 9.55. The Morgan fingerprint density at radius 3 is 2.75 bits per heavy atom. The van der Waals surface area contributed by atoms with Crippen LogP contribution in [0.1, 0.15) is 25.3 Å². The summed E-state index contributed by atoms with van der Waals surface area (Å²) in [6.07, 6.45) is 5.45. The number of aromatic nitrogens is 1. The lowest BCUT2D eigenvalue weighted by atomic mass is 9.91. The Bertz CT molecular complexity index is 389. The van der Waals surface area contributed by atoms with E-state index in [0.717, 1.165) is 18.4 Å². The molecule has 0 saturated heterocycles. The Hall–Kier alpha value is -1.42. The van der Waals surface area contributed by atoms with Crippen LogP contribution in [0.5, 0.6) is 0 Å².